The van der Waals surface area contributed by atoms with E-state index >= 15 is 0 Å². The van der Waals surface area contributed by atoms with E-state index in [4.69, 9.17) is 16.3 Å². The molecule has 0 bridgehead atoms. The number of hydrogen-bond donors (Lipinski definition) is 2. The van der Waals surface area contributed by atoms with Crippen LogP contribution in [0.1, 0.15) is 38.3 Å². The zero-order chi connectivity index (χ0) is 14.7. The highest BCUT2D eigenvalue weighted by molar-refractivity contribution is 6.32. The summed E-state index contributed by atoms with van der Waals surface area (Å²) >= 11 is 6.21. The fraction of sp³-hybridized carbons (Fsp3) is 0.533. The lowest BCUT2D eigenvalue weighted by atomic mass is 10.1. The van der Waals surface area contributed by atoms with Gasteiger partial charge in [0.2, 0.25) is 0 Å². The molecule has 1 aromatic carbocycles. The van der Waals surface area contributed by atoms with Crippen molar-refractivity contribution < 1.29 is 9.53 Å². The SMILES string of the molecule is CNC(C)c1ccc(OC(C)C(=O)NC2CC2)c(Cl)c1. The van der Waals surface area contributed by atoms with E-state index in [2.05, 4.69) is 17.6 Å². The second-order valence-electron chi connectivity index (χ2n) is 5.24. The van der Waals surface area contributed by atoms with E-state index < -0.39 is 6.10 Å². The number of ether oxygens (including phenoxy) is 1. The Morgan fingerprint density at radius 3 is 2.65 bits per heavy atom. The van der Waals surface area contributed by atoms with Crippen LogP contribution in [0.2, 0.25) is 5.02 Å². The Kier molecular flexibility index (Phi) is 4.89. The number of rotatable bonds is 6. The van der Waals surface area contributed by atoms with E-state index in [1.54, 1.807) is 6.92 Å². The minimum atomic E-state index is -0.541. The maximum Gasteiger partial charge on any atom is 0.260 e. The fourth-order valence-corrected chi connectivity index (χ4v) is 2.07. The van der Waals surface area contributed by atoms with E-state index in [0.29, 0.717) is 16.8 Å². The van der Waals surface area contributed by atoms with Gasteiger partial charge in [-0.2, -0.15) is 0 Å². The third-order valence-corrected chi connectivity index (χ3v) is 3.78. The van der Waals surface area contributed by atoms with Crippen LogP contribution in [0.4, 0.5) is 0 Å². The van der Waals surface area contributed by atoms with Gasteiger partial charge in [-0.1, -0.05) is 17.7 Å². The maximum absolute atomic E-state index is 11.8. The van der Waals surface area contributed by atoms with Crippen LogP contribution in [-0.2, 0) is 4.79 Å². The highest BCUT2D eigenvalue weighted by Crippen LogP contribution is 2.29. The molecule has 0 spiro atoms. The fourth-order valence-electron chi connectivity index (χ4n) is 1.84. The summed E-state index contributed by atoms with van der Waals surface area (Å²) < 4.78 is 5.64. The molecule has 0 aromatic heterocycles. The number of amides is 1. The van der Waals surface area contributed by atoms with Gasteiger partial charge in [-0.25, -0.2) is 0 Å². The average molecular weight is 297 g/mol. The Hall–Kier alpha value is -1.26. The van der Waals surface area contributed by atoms with Crippen LogP contribution in [0.5, 0.6) is 5.75 Å². The van der Waals surface area contributed by atoms with Gasteiger partial charge in [0, 0.05) is 12.1 Å². The predicted molar refractivity (Wildman–Crippen MR) is 80.2 cm³/mol. The second-order valence-corrected chi connectivity index (χ2v) is 5.65. The van der Waals surface area contributed by atoms with E-state index in [-0.39, 0.29) is 11.9 Å². The second kappa shape index (κ2) is 6.46. The first-order valence-electron chi connectivity index (χ1n) is 6.95. The molecule has 2 atom stereocenters. The summed E-state index contributed by atoms with van der Waals surface area (Å²) in [4.78, 5) is 11.8. The monoisotopic (exact) mass is 296 g/mol. The van der Waals surface area contributed by atoms with Crippen LogP contribution in [-0.4, -0.2) is 25.1 Å². The summed E-state index contributed by atoms with van der Waals surface area (Å²) in [6, 6.07) is 6.18. The van der Waals surface area contributed by atoms with Gasteiger partial charge in [0.15, 0.2) is 6.10 Å². The number of halogens is 1. The van der Waals surface area contributed by atoms with Crippen molar-refractivity contribution in [2.45, 2.75) is 44.9 Å². The molecule has 2 unspecified atom stereocenters. The van der Waals surface area contributed by atoms with Crippen molar-refractivity contribution in [3.8, 4) is 5.75 Å². The van der Waals surface area contributed by atoms with Crippen molar-refractivity contribution in [3.63, 3.8) is 0 Å². The third-order valence-electron chi connectivity index (χ3n) is 3.49. The molecule has 2 N–H and O–H groups in total. The summed E-state index contributed by atoms with van der Waals surface area (Å²) in [6.45, 7) is 3.79. The minimum absolute atomic E-state index is 0.0868. The van der Waals surface area contributed by atoms with Crippen LogP contribution in [0.15, 0.2) is 18.2 Å². The molecule has 0 aliphatic heterocycles. The summed E-state index contributed by atoms with van der Waals surface area (Å²) in [6.07, 6.45) is 1.59. The van der Waals surface area contributed by atoms with Gasteiger partial charge in [-0.3, -0.25) is 4.79 Å². The van der Waals surface area contributed by atoms with Crippen LogP contribution in [0, 0.1) is 0 Å². The van der Waals surface area contributed by atoms with Gasteiger partial charge in [0.05, 0.1) is 5.02 Å². The third kappa shape index (κ3) is 3.87. The van der Waals surface area contributed by atoms with Crippen molar-refractivity contribution in [1.82, 2.24) is 10.6 Å². The molecule has 0 saturated heterocycles. The first-order valence-corrected chi connectivity index (χ1v) is 7.32. The summed E-state index contributed by atoms with van der Waals surface area (Å²) in [5.41, 5.74) is 1.08. The molecule has 1 aliphatic rings. The van der Waals surface area contributed by atoms with Crippen molar-refractivity contribution in [2.75, 3.05) is 7.05 Å². The molecular weight excluding hydrogens is 276 g/mol. The van der Waals surface area contributed by atoms with Gasteiger partial charge in [0.25, 0.3) is 5.91 Å². The highest BCUT2D eigenvalue weighted by Gasteiger charge is 2.26. The van der Waals surface area contributed by atoms with Crippen molar-refractivity contribution >= 4 is 17.5 Å². The van der Waals surface area contributed by atoms with Crippen LogP contribution in [0.3, 0.4) is 0 Å². The largest absolute Gasteiger partial charge is 0.479 e. The van der Waals surface area contributed by atoms with Gasteiger partial charge in [-0.15, -0.1) is 0 Å². The molecule has 20 heavy (non-hydrogen) atoms. The highest BCUT2D eigenvalue weighted by atomic mass is 35.5. The molecule has 2 rings (SSSR count). The minimum Gasteiger partial charge on any atom is -0.479 e. The molecule has 0 radical (unpaired) electrons. The lowest BCUT2D eigenvalue weighted by Gasteiger charge is -2.17. The zero-order valence-electron chi connectivity index (χ0n) is 12.1. The molecule has 1 saturated carbocycles. The van der Waals surface area contributed by atoms with E-state index in [1.807, 2.05) is 25.2 Å². The standard InChI is InChI=1S/C15H21ClN2O2/c1-9(17-3)11-4-7-14(13(16)8-11)20-10(2)15(19)18-12-5-6-12/h4,7-10,12,17H,5-6H2,1-3H3,(H,18,19). The molecule has 1 aliphatic carbocycles. The Morgan fingerprint density at radius 1 is 1.40 bits per heavy atom. The van der Waals surface area contributed by atoms with Gasteiger partial charge in [0.1, 0.15) is 5.75 Å². The molecule has 1 fully saturated rings. The van der Waals surface area contributed by atoms with Crippen LogP contribution < -0.4 is 15.4 Å². The summed E-state index contributed by atoms with van der Waals surface area (Å²) in [7, 11) is 1.90. The molecule has 1 aromatic rings. The van der Waals surface area contributed by atoms with E-state index in [1.165, 1.54) is 0 Å². The van der Waals surface area contributed by atoms with E-state index in [9.17, 15) is 4.79 Å². The summed E-state index contributed by atoms with van der Waals surface area (Å²) in [5, 5.41) is 6.59. The molecule has 110 valence electrons. The summed E-state index contributed by atoms with van der Waals surface area (Å²) in [5.74, 6) is 0.452. The number of carbonyl (C=O) groups excluding carboxylic acids is 1. The lowest BCUT2D eigenvalue weighted by Crippen LogP contribution is -2.37. The number of hydrogen-bond acceptors (Lipinski definition) is 3. The molecule has 5 heteroatoms. The Morgan fingerprint density at radius 2 is 2.10 bits per heavy atom. The molecule has 4 nitrogen and oxygen atoms in total. The van der Waals surface area contributed by atoms with Gasteiger partial charge in [-0.05, 0) is 51.4 Å². The molecule has 0 heterocycles. The maximum atomic E-state index is 11.8. The quantitative estimate of drug-likeness (QED) is 0.848. The van der Waals surface area contributed by atoms with Crippen LogP contribution in [0.25, 0.3) is 0 Å². The zero-order valence-corrected chi connectivity index (χ0v) is 12.8. The average Bonchev–Trinajstić information content (AvgIpc) is 3.23. The Bertz CT molecular complexity index is 489. The van der Waals surface area contributed by atoms with Crippen LogP contribution >= 0.6 is 11.6 Å². The van der Waals surface area contributed by atoms with Crippen molar-refractivity contribution in [2.24, 2.45) is 0 Å². The van der Waals surface area contributed by atoms with Gasteiger partial charge < -0.3 is 15.4 Å². The Labute approximate surface area is 124 Å². The van der Waals surface area contributed by atoms with Crippen molar-refractivity contribution in [3.05, 3.63) is 28.8 Å². The van der Waals surface area contributed by atoms with Gasteiger partial charge >= 0.3 is 0 Å². The molecular formula is C15H21ClN2O2. The first-order chi connectivity index (χ1) is 9.51. The topological polar surface area (TPSA) is 50.4 Å². The Balaban J connectivity index is 1.99. The number of carbonyl (C=O) groups is 1. The number of benzene rings is 1. The molecule has 1 amide bonds. The lowest BCUT2D eigenvalue weighted by molar-refractivity contribution is -0.127. The van der Waals surface area contributed by atoms with E-state index in [0.717, 1.165) is 18.4 Å². The normalized spacial score (nSPS) is 17.4. The first kappa shape index (κ1) is 15.1. The smallest absolute Gasteiger partial charge is 0.260 e. The van der Waals surface area contributed by atoms with Crippen molar-refractivity contribution in [1.29, 1.82) is 0 Å². The number of nitrogens with one attached hydrogen (secondary N) is 2. The predicted octanol–water partition coefficient (Wildman–Crippen LogP) is 2.67.